The van der Waals surface area contributed by atoms with Crippen molar-refractivity contribution in [2.24, 2.45) is 0 Å². The molecule has 1 unspecified atom stereocenters. The Balaban J connectivity index is 1.40. The van der Waals surface area contributed by atoms with Crippen LogP contribution in [0.25, 0.3) is 11.0 Å². The van der Waals surface area contributed by atoms with E-state index < -0.39 is 0 Å². The number of fused-ring (bicyclic) bond motifs is 1. The summed E-state index contributed by atoms with van der Waals surface area (Å²) in [5.41, 5.74) is 3.35. The van der Waals surface area contributed by atoms with Gasteiger partial charge in [-0.15, -0.1) is 0 Å². The first kappa shape index (κ1) is 16.8. The van der Waals surface area contributed by atoms with E-state index >= 15 is 0 Å². The van der Waals surface area contributed by atoms with Crippen LogP contribution in [0.1, 0.15) is 43.5 Å². The molecule has 2 aromatic carbocycles. The number of hydrogen-bond donors (Lipinski definition) is 1. The van der Waals surface area contributed by atoms with Crippen LogP contribution in [0.15, 0.2) is 54.6 Å². The minimum Gasteiger partial charge on any atom is -0.352 e. The number of nitrogens with zero attached hydrogens (tertiary/aromatic N) is 2. The lowest BCUT2D eigenvalue weighted by Gasteiger charge is -2.15. The third-order valence-corrected chi connectivity index (χ3v) is 5.04. The minimum atomic E-state index is 0.0654. The molecule has 0 radical (unpaired) electrons. The molecule has 1 N–H and O–H groups in total. The fourth-order valence-corrected chi connectivity index (χ4v) is 3.48. The summed E-state index contributed by atoms with van der Waals surface area (Å²) in [6.07, 6.45) is 4.27. The van der Waals surface area contributed by atoms with Crippen molar-refractivity contribution in [3.8, 4) is 0 Å². The molecule has 4 nitrogen and oxygen atoms in total. The van der Waals surface area contributed by atoms with Gasteiger partial charge in [-0.25, -0.2) is 4.98 Å². The van der Waals surface area contributed by atoms with Crippen LogP contribution in [0.5, 0.6) is 0 Å². The third kappa shape index (κ3) is 3.79. The van der Waals surface area contributed by atoms with Crippen molar-refractivity contribution in [3.63, 3.8) is 0 Å². The van der Waals surface area contributed by atoms with Crippen LogP contribution >= 0.6 is 0 Å². The molecule has 1 heterocycles. The van der Waals surface area contributed by atoms with Crippen molar-refractivity contribution in [1.29, 1.82) is 0 Å². The molecule has 1 aliphatic rings. The number of hydrogen-bond acceptors (Lipinski definition) is 2. The van der Waals surface area contributed by atoms with Gasteiger partial charge in [-0.3, -0.25) is 4.79 Å². The predicted molar refractivity (Wildman–Crippen MR) is 104 cm³/mol. The molecule has 26 heavy (non-hydrogen) atoms. The van der Waals surface area contributed by atoms with Crippen LogP contribution in [0, 0.1) is 0 Å². The third-order valence-electron chi connectivity index (χ3n) is 5.04. The Hall–Kier alpha value is -2.62. The number of nitrogens with one attached hydrogen (secondary N) is 1. The molecule has 4 rings (SSSR count). The van der Waals surface area contributed by atoms with Crippen molar-refractivity contribution >= 4 is 16.9 Å². The highest BCUT2D eigenvalue weighted by Gasteiger charge is 2.30. The zero-order chi connectivity index (χ0) is 17.9. The zero-order valence-corrected chi connectivity index (χ0v) is 15.2. The van der Waals surface area contributed by atoms with Crippen molar-refractivity contribution in [3.05, 3.63) is 66.0 Å². The fourth-order valence-electron chi connectivity index (χ4n) is 3.48. The van der Waals surface area contributed by atoms with E-state index in [2.05, 4.69) is 47.1 Å². The van der Waals surface area contributed by atoms with Gasteiger partial charge in [0.15, 0.2) is 0 Å². The number of rotatable bonds is 7. The van der Waals surface area contributed by atoms with Crippen LogP contribution in [-0.4, -0.2) is 21.5 Å². The SMILES string of the molecule is CC(CCc1ccccc1)NC(=O)Cn1c(C2CC2)nc2ccccc21. The molecule has 3 aromatic rings. The molecule has 1 saturated carbocycles. The smallest absolute Gasteiger partial charge is 0.240 e. The van der Waals surface area contributed by atoms with Gasteiger partial charge in [0, 0.05) is 12.0 Å². The van der Waals surface area contributed by atoms with Gasteiger partial charge in [0.05, 0.1) is 11.0 Å². The Morgan fingerprint density at radius 3 is 2.65 bits per heavy atom. The minimum absolute atomic E-state index is 0.0654. The molecule has 1 aromatic heterocycles. The van der Waals surface area contributed by atoms with E-state index in [-0.39, 0.29) is 11.9 Å². The Labute approximate surface area is 154 Å². The van der Waals surface area contributed by atoms with E-state index in [4.69, 9.17) is 4.98 Å². The molecule has 0 saturated heterocycles. The lowest BCUT2D eigenvalue weighted by atomic mass is 10.1. The van der Waals surface area contributed by atoms with Gasteiger partial charge >= 0.3 is 0 Å². The van der Waals surface area contributed by atoms with Gasteiger partial charge < -0.3 is 9.88 Å². The highest BCUT2D eigenvalue weighted by Crippen LogP contribution is 2.40. The van der Waals surface area contributed by atoms with Gasteiger partial charge in [0.25, 0.3) is 0 Å². The van der Waals surface area contributed by atoms with Crippen LogP contribution in [0.4, 0.5) is 0 Å². The molecule has 1 aliphatic carbocycles. The molecule has 1 fully saturated rings. The van der Waals surface area contributed by atoms with Gasteiger partial charge in [-0.05, 0) is 50.3 Å². The molecule has 1 amide bonds. The normalized spacial score (nSPS) is 15.1. The van der Waals surface area contributed by atoms with Crippen molar-refractivity contribution < 1.29 is 4.79 Å². The monoisotopic (exact) mass is 347 g/mol. The lowest BCUT2D eigenvalue weighted by Crippen LogP contribution is -2.35. The van der Waals surface area contributed by atoms with Gasteiger partial charge in [-0.1, -0.05) is 42.5 Å². The number of aryl methyl sites for hydroxylation is 1. The van der Waals surface area contributed by atoms with Gasteiger partial charge in [-0.2, -0.15) is 0 Å². The van der Waals surface area contributed by atoms with E-state index in [0.29, 0.717) is 12.5 Å². The number of carbonyl (C=O) groups excluding carboxylic acids is 1. The van der Waals surface area contributed by atoms with Crippen LogP contribution in [-0.2, 0) is 17.8 Å². The maximum Gasteiger partial charge on any atom is 0.240 e. The number of amides is 1. The summed E-state index contributed by atoms with van der Waals surface area (Å²) in [5, 5.41) is 3.15. The molecular weight excluding hydrogens is 322 g/mol. The largest absolute Gasteiger partial charge is 0.352 e. The van der Waals surface area contributed by atoms with E-state index in [1.165, 1.54) is 18.4 Å². The average Bonchev–Trinajstić information content (AvgIpc) is 3.44. The second-order valence-electron chi connectivity index (χ2n) is 7.31. The van der Waals surface area contributed by atoms with Crippen molar-refractivity contribution in [1.82, 2.24) is 14.9 Å². The van der Waals surface area contributed by atoms with Crippen LogP contribution < -0.4 is 5.32 Å². The summed E-state index contributed by atoms with van der Waals surface area (Å²) in [6.45, 7) is 2.43. The Morgan fingerprint density at radius 1 is 1.15 bits per heavy atom. The van der Waals surface area contributed by atoms with E-state index in [1.54, 1.807) is 0 Å². The van der Waals surface area contributed by atoms with Gasteiger partial charge in [0.2, 0.25) is 5.91 Å². The second-order valence-corrected chi connectivity index (χ2v) is 7.31. The lowest BCUT2D eigenvalue weighted by molar-refractivity contribution is -0.122. The summed E-state index contributed by atoms with van der Waals surface area (Å²) in [4.78, 5) is 17.4. The van der Waals surface area contributed by atoms with Crippen molar-refractivity contribution in [2.45, 2.75) is 51.1 Å². The summed E-state index contributed by atoms with van der Waals surface area (Å²) < 4.78 is 2.10. The first-order valence-corrected chi connectivity index (χ1v) is 9.49. The first-order chi connectivity index (χ1) is 12.7. The standard InChI is InChI=1S/C22H25N3O/c1-16(11-12-17-7-3-2-4-8-17)23-21(26)15-25-20-10-6-5-9-19(20)24-22(25)18-13-14-18/h2-10,16,18H,11-15H2,1H3,(H,23,26). The summed E-state index contributed by atoms with van der Waals surface area (Å²) >= 11 is 0. The maximum atomic E-state index is 12.6. The zero-order valence-electron chi connectivity index (χ0n) is 15.2. The molecule has 0 aliphatic heterocycles. The number of imidazole rings is 1. The van der Waals surface area contributed by atoms with Crippen LogP contribution in [0.2, 0.25) is 0 Å². The summed E-state index contributed by atoms with van der Waals surface area (Å²) in [5.74, 6) is 1.65. The molecule has 4 heteroatoms. The van der Waals surface area contributed by atoms with Gasteiger partial charge in [0.1, 0.15) is 12.4 Å². The predicted octanol–water partition coefficient (Wildman–Crippen LogP) is 4.05. The Bertz CT molecular complexity index is 896. The first-order valence-electron chi connectivity index (χ1n) is 9.49. The molecule has 0 spiro atoms. The highest BCUT2D eigenvalue weighted by atomic mass is 16.2. The number of para-hydroxylation sites is 2. The maximum absolute atomic E-state index is 12.6. The van der Waals surface area contributed by atoms with Crippen molar-refractivity contribution in [2.75, 3.05) is 0 Å². The number of aromatic nitrogens is 2. The van der Waals surface area contributed by atoms with E-state index in [9.17, 15) is 4.79 Å². The topological polar surface area (TPSA) is 46.9 Å². The van der Waals surface area contributed by atoms with Crippen LogP contribution in [0.3, 0.4) is 0 Å². The van der Waals surface area contributed by atoms with E-state index in [0.717, 1.165) is 29.7 Å². The Morgan fingerprint density at radius 2 is 1.88 bits per heavy atom. The molecular formula is C22H25N3O. The number of carbonyl (C=O) groups is 1. The summed E-state index contributed by atoms with van der Waals surface area (Å²) in [6, 6.07) is 18.7. The molecule has 134 valence electrons. The quantitative estimate of drug-likeness (QED) is 0.701. The fraction of sp³-hybridized carbons (Fsp3) is 0.364. The second kappa shape index (κ2) is 7.32. The molecule has 0 bridgehead atoms. The average molecular weight is 347 g/mol. The summed E-state index contributed by atoms with van der Waals surface area (Å²) in [7, 11) is 0. The highest BCUT2D eigenvalue weighted by molar-refractivity contribution is 5.81. The Kier molecular flexibility index (Phi) is 4.74. The number of benzene rings is 2. The van der Waals surface area contributed by atoms with E-state index in [1.807, 2.05) is 24.3 Å². The molecule has 1 atom stereocenters.